The van der Waals surface area contributed by atoms with Gasteiger partial charge in [0.2, 0.25) is 0 Å². The Labute approximate surface area is 86.1 Å². The van der Waals surface area contributed by atoms with Crippen LogP contribution in [0, 0.1) is 13.8 Å². The first-order valence-corrected chi connectivity index (χ1v) is 5.02. The lowest BCUT2D eigenvalue weighted by Crippen LogP contribution is -2.12. The molecule has 0 spiro atoms. The van der Waals surface area contributed by atoms with Crippen molar-refractivity contribution in [3.63, 3.8) is 0 Å². The van der Waals surface area contributed by atoms with Gasteiger partial charge in [0.15, 0.2) is 0 Å². The van der Waals surface area contributed by atoms with Crippen molar-refractivity contribution in [1.82, 2.24) is 0 Å². The molecule has 0 aromatic heterocycles. The third-order valence-corrected chi connectivity index (χ3v) is 2.64. The molecule has 1 aliphatic heterocycles. The minimum atomic E-state index is 0.808. The normalized spacial score (nSPS) is 14.0. The van der Waals surface area contributed by atoms with Crippen molar-refractivity contribution in [1.29, 1.82) is 0 Å². The van der Waals surface area contributed by atoms with Crippen molar-refractivity contribution in [3.8, 4) is 0 Å². The van der Waals surface area contributed by atoms with Gasteiger partial charge in [-0.15, -0.1) is 0 Å². The summed E-state index contributed by atoms with van der Waals surface area (Å²) in [7, 11) is 1.50. The van der Waals surface area contributed by atoms with Gasteiger partial charge in [0.25, 0.3) is 0 Å². The molecule has 2 heteroatoms. The first-order valence-electron chi connectivity index (χ1n) is 5.02. The van der Waals surface area contributed by atoms with Crippen LogP contribution in [0.2, 0.25) is 0 Å². The van der Waals surface area contributed by atoms with E-state index in [-0.39, 0.29) is 0 Å². The molecule has 1 aliphatic rings. The summed E-state index contributed by atoms with van der Waals surface area (Å²) in [6.07, 6.45) is 1.09. The average Bonchev–Trinajstić information content (AvgIpc) is 2.27. The maximum Gasteiger partial charge on any atom is 0.0722 e. The van der Waals surface area contributed by atoms with Crippen LogP contribution >= 0.6 is 0 Å². The van der Waals surface area contributed by atoms with Gasteiger partial charge >= 0.3 is 0 Å². The topological polar surface area (TPSA) is 35.2 Å². The predicted molar refractivity (Wildman–Crippen MR) is 59.4 cm³/mol. The second-order valence-corrected chi connectivity index (χ2v) is 3.46. The molecule has 1 aromatic rings. The van der Waals surface area contributed by atoms with Gasteiger partial charge in [-0.25, -0.2) is 0 Å². The quantitative estimate of drug-likeness (QED) is 0.683. The van der Waals surface area contributed by atoms with E-state index in [1.807, 2.05) is 0 Å². The van der Waals surface area contributed by atoms with Gasteiger partial charge in [-0.05, 0) is 49.6 Å². The Morgan fingerprint density at radius 3 is 2.21 bits per heavy atom. The Balaban J connectivity index is 0.000000461. The summed E-state index contributed by atoms with van der Waals surface area (Å²) in [5.74, 6) is 0. The summed E-state index contributed by atoms with van der Waals surface area (Å²) >= 11 is 0. The molecule has 0 radical (unpaired) electrons. The fourth-order valence-corrected chi connectivity index (χ4v) is 1.82. The lowest BCUT2D eigenvalue weighted by Gasteiger charge is -2.20. The second kappa shape index (κ2) is 5.13. The molecule has 2 N–H and O–H groups in total. The van der Waals surface area contributed by atoms with Gasteiger partial charge in [0.1, 0.15) is 0 Å². The van der Waals surface area contributed by atoms with Crippen molar-refractivity contribution in [3.05, 3.63) is 34.4 Å². The van der Waals surface area contributed by atoms with Crippen molar-refractivity contribution < 1.29 is 4.74 Å². The zero-order valence-corrected chi connectivity index (χ0v) is 9.26. The summed E-state index contributed by atoms with van der Waals surface area (Å²) in [5.41, 5.74) is 10.2. The molecule has 0 saturated heterocycles. The van der Waals surface area contributed by atoms with Crippen LogP contribution in [0.1, 0.15) is 22.3 Å². The summed E-state index contributed by atoms with van der Waals surface area (Å²) < 4.78 is 5.43. The molecule has 78 valence electrons. The number of benzene rings is 1. The molecule has 1 heterocycles. The van der Waals surface area contributed by atoms with E-state index < -0.39 is 0 Å². The number of fused-ring (bicyclic) bond motifs is 1. The van der Waals surface area contributed by atoms with E-state index in [4.69, 9.17) is 4.74 Å². The van der Waals surface area contributed by atoms with Gasteiger partial charge in [-0.2, -0.15) is 0 Å². The monoisotopic (exact) mass is 193 g/mol. The van der Waals surface area contributed by atoms with Crippen LogP contribution in [-0.2, 0) is 17.8 Å². The maximum atomic E-state index is 5.43. The predicted octanol–water partition coefficient (Wildman–Crippen LogP) is 1.95. The summed E-state index contributed by atoms with van der Waals surface area (Å²) in [6.45, 7) is 6.04. The lowest BCUT2D eigenvalue weighted by atomic mass is 9.94. The van der Waals surface area contributed by atoms with Crippen molar-refractivity contribution in [2.45, 2.75) is 26.9 Å². The summed E-state index contributed by atoms with van der Waals surface area (Å²) in [4.78, 5) is 0. The molecule has 0 unspecified atom stereocenters. The Hall–Kier alpha value is -0.860. The van der Waals surface area contributed by atoms with E-state index in [9.17, 15) is 0 Å². The van der Waals surface area contributed by atoms with Gasteiger partial charge < -0.3 is 10.5 Å². The molecule has 0 fully saturated rings. The highest BCUT2D eigenvalue weighted by Crippen LogP contribution is 2.23. The minimum Gasteiger partial charge on any atom is -0.376 e. The number of hydrogen-bond acceptors (Lipinski definition) is 2. The lowest BCUT2D eigenvalue weighted by molar-refractivity contribution is 0.110. The highest BCUT2D eigenvalue weighted by molar-refractivity contribution is 5.40. The Morgan fingerprint density at radius 2 is 1.64 bits per heavy atom. The van der Waals surface area contributed by atoms with E-state index >= 15 is 0 Å². The van der Waals surface area contributed by atoms with Crippen LogP contribution in [0.15, 0.2) is 12.1 Å². The van der Waals surface area contributed by atoms with Crippen LogP contribution in [0.3, 0.4) is 0 Å². The highest BCUT2D eigenvalue weighted by atomic mass is 16.5. The fourth-order valence-electron chi connectivity index (χ4n) is 1.82. The highest BCUT2D eigenvalue weighted by Gasteiger charge is 2.12. The summed E-state index contributed by atoms with van der Waals surface area (Å²) in [5, 5.41) is 0. The van der Waals surface area contributed by atoms with Crippen molar-refractivity contribution in [2.24, 2.45) is 5.73 Å². The van der Waals surface area contributed by atoms with E-state index in [1.54, 1.807) is 0 Å². The van der Waals surface area contributed by atoms with Gasteiger partial charge in [-0.1, -0.05) is 12.1 Å². The van der Waals surface area contributed by atoms with Crippen LogP contribution < -0.4 is 5.73 Å². The van der Waals surface area contributed by atoms with E-state index in [0.29, 0.717) is 0 Å². The smallest absolute Gasteiger partial charge is 0.0722 e. The Kier molecular flexibility index (Phi) is 4.11. The van der Waals surface area contributed by atoms with E-state index in [2.05, 4.69) is 31.7 Å². The number of hydrogen-bond donors (Lipinski definition) is 1. The fraction of sp³-hybridized carbons (Fsp3) is 0.500. The molecule has 0 bridgehead atoms. The standard InChI is InChI=1S/C11H14O.CH5N/c1-8-3-4-9(2)11-7-12-6-5-10(8)11;1-2/h3-4H,5-7H2,1-2H3;2H2,1H3. The Bertz CT molecular complexity index is 276. The van der Waals surface area contributed by atoms with Crippen molar-refractivity contribution in [2.75, 3.05) is 13.7 Å². The number of nitrogens with two attached hydrogens (primary N) is 1. The SMILES string of the molecule is CN.Cc1ccc(C)c2c1CCOC2. The van der Waals surface area contributed by atoms with Crippen molar-refractivity contribution >= 4 is 0 Å². The van der Waals surface area contributed by atoms with Gasteiger partial charge in [-0.3, -0.25) is 0 Å². The number of ether oxygens (including phenoxy) is 1. The number of rotatable bonds is 0. The zero-order chi connectivity index (χ0) is 10.6. The molecular weight excluding hydrogens is 174 g/mol. The summed E-state index contributed by atoms with van der Waals surface area (Å²) in [6, 6.07) is 4.39. The first kappa shape index (κ1) is 11.2. The molecule has 14 heavy (non-hydrogen) atoms. The zero-order valence-electron chi connectivity index (χ0n) is 9.26. The molecule has 0 saturated carbocycles. The van der Waals surface area contributed by atoms with Gasteiger partial charge in [0.05, 0.1) is 13.2 Å². The number of aryl methyl sites for hydroxylation is 2. The molecule has 0 aliphatic carbocycles. The third kappa shape index (κ3) is 2.14. The minimum absolute atomic E-state index is 0.808. The molecule has 0 amide bonds. The van der Waals surface area contributed by atoms with E-state index in [0.717, 1.165) is 19.6 Å². The van der Waals surface area contributed by atoms with Gasteiger partial charge in [0, 0.05) is 0 Å². The molecular formula is C12H19NO. The maximum absolute atomic E-state index is 5.43. The molecule has 1 aromatic carbocycles. The molecule has 2 rings (SSSR count). The van der Waals surface area contributed by atoms with Crippen LogP contribution in [0.4, 0.5) is 0 Å². The molecule has 0 atom stereocenters. The van der Waals surface area contributed by atoms with Crippen LogP contribution in [0.5, 0.6) is 0 Å². The third-order valence-electron chi connectivity index (χ3n) is 2.64. The van der Waals surface area contributed by atoms with Crippen LogP contribution in [-0.4, -0.2) is 13.7 Å². The first-order chi connectivity index (χ1) is 6.79. The van der Waals surface area contributed by atoms with Crippen LogP contribution in [0.25, 0.3) is 0 Å². The molecule has 2 nitrogen and oxygen atoms in total. The Morgan fingerprint density at radius 1 is 1.07 bits per heavy atom. The van der Waals surface area contributed by atoms with E-state index in [1.165, 1.54) is 29.3 Å². The second-order valence-electron chi connectivity index (χ2n) is 3.46. The largest absolute Gasteiger partial charge is 0.376 e. The average molecular weight is 193 g/mol.